The Kier molecular flexibility index (Phi) is 5.44. The van der Waals surface area contributed by atoms with E-state index in [4.69, 9.17) is 11.6 Å². The van der Waals surface area contributed by atoms with Gasteiger partial charge in [-0.1, -0.05) is 28.1 Å². The minimum Gasteiger partial charge on any atom is -0.366 e. The van der Waals surface area contributed by atoms with Gasteiger partial charge in [0.05, 0.1) is 12.2 Å². The Hall–Kier alpha value is -1.06. The van der Waals surface area contributed by atoms with E-state index in [1.54, 1.807) is 0 Å². The first-order valence-corrected chi connectivity index (χ1v) is 7.98. The van der Waals surface area contributed by atoms with Crippen LogP contribution in [0.2, 0.25) is 0 Å². The highest BCUT2D eigenvalue weighted by Gasteiger charge is 2.08. The Balaban J connectivity index is 2.22. The van der Waals surface area contributed by atoms with Gasteiger partial charge in [-0.05, 0) is 43.7 Å². The van der Waals surface area contributed by atoms with E-state index in [1.807, 2.05) is 13.0 Å². The molecular weight excluding hydrogens is 336 g/mol. The van der Waals surface area contributed by atoms with Crippen molar-refractivity contribution in [2.45, 2.75) is 26.3 Å². The number of hydrogen-bond donors (Lipinski definition) is 0. The van der Waals surface area contributed by atoms with Crippen LogP contribution in [-0.4, -0.2) is 11.5 Å². The molecule has 1 heterocycles. The Bertz CT molecular complexity index is 586. The summed E-state index contributed by atoms with van der Waals surface area (Å²) in [5, 5.41) is 0. The van der Waals surface area contributed by atoms with Gasteiger partial charge in [-0.15, -0.1) is 11.6 Å². The molecule has 106 valence electrons. The molecule has 0 aliphatic rings. The first-order valence-electron chi connectivity index (χ1n) is 6.66. The average molecular weight is 354 g/mol. The summed E-state index contributed by atoms with van der Waals surface area (Å²) in [6, 6.07) is 12.4. The molecule has 0 amide bonds. The number of rotatable bonds is 5. The zero-order valence-electron chi connectivity index (χ0n) is 11.7. The van der Waals surface area contributed by atoms with Crippen LogP contribution in [0, 0.1) is 6.92 Å². The van der Waals surface area contributed by atoms with Crippen molar-refractivity contribution in [3.8, 4) is 0 Å². The van der Waals surface area contributed by atoms with Crippen LogP contribution in [-0.2, 0) is 12.4 Å². The van der Waals surface area contributed by atoms with Gasteiger partial charge >= 0.3 is 0 Å². The number of nitrogens with zero attached hydrogens (tertiary/aromatic N) is 2. The summed E-state index contributed by atoms with van der Waals surface area (Å²) in [6.45, 7) is 5.91. The summed E-state index contributed by atoms with van der Waals surface area (Å²) in [6.07, 6.45) is 0. The van der Waals surface area contributed by atoms with E-state index in [-0.39, 0.29) is 0 Å². The number of aromatic nitrogens is 1. The monoisotopic (exact) mass is 352 g/mol. The highest BCUT2D eigenvalue weighted by molar-refractivity contribution is 9.10. The van der Waals surface area contributed by atoms with Crippen LogP contribution in [0.5, 0.6) is 0 Å². The number of hydrogen-bond acceptors (Lipinski definition) is 2. The van der Waals surface area contributed by atoms with Gasteiger partial charge in [0.15, 0.2) is 0 Å². The third-order valence-corrected chi connectivity index (χ3v) is 4.25. The van der Waals surface area contributed by atoms with E-state index < -0.39 is 0 Å². The second-order valence-electron chi connectivity index (χ2n) is 4.69. The van der Waals surface area contributed by atoms with E-state index in [1.165, 1.54) is 5.69 Å². The van der Waals surface area contributed by atoms with E-state index in [0.717, 1.165) is 34.5 Å². The Morgan fingerprint density at radius 3 is 2.65 bits per heavy atom. The number of alkyl halides is 1. The largest absolute Gasteiger partial charge is 0.366 e. The number of halogens is 2. The molecule has 4 heteroatoms. The molecule has 0 aliphatic carbocycles. The average Bonchev–Trinajstić information content (AvgIpc) is 2.44. The maximum atomic E-state index is 5.89. The van der Waals surface area contributed by atoms with Gasteiger partial charge in [0.25, 0.3) is 0 Å². The molecule has 2 aromatic rings. The van der Waals surface area contributed by atoms with Crippen LogP contribution in [0.4, 0.5) is 5.69 Å². The molecule has 2 rings (SSSR count). The van der Waals surface area contributed by atoms with E-state index in [9.17, 15) is 0 Å². The summed E-state index contributed by atoms with van der Waals surface area (Å²) in [4.78, 5) is 6.86. The fraction of sp³-hybridized carbons (Fsp3) is 0.312. The topological polar surface area (TPSA) is 16.1 Å². The van der Waals surface area contributed by atoms with Crippen molar-refractivity contribution in [3.05, 3.63) is 57.8 Å². The van der Waals surface area contributed by atoms with Crippen LogP contribution < -0.4 is 4.90 Å². The van der Waals surface area contributed by atoms with Gasteiger partial charge < -0.3 is 4.90 Å². The van der Waals surface area contributed by atoms with Crippen molar-refractivity contribution in [3.63, 3.8) is 0 Å². The van der Waals surface area contributed by atoms with Crippen molar-refractivity contribution >= 4 is 33.2 Å². The van der Waals surface area contributed by atoms with Gasteiger partial charge in [0, 0.05) is 28.3 Å². The molecule has 0 spiro atoms. The predicted octanol–water partition coefficient (Wildman–Crippen LogP) is 4.92. The van der Waals surface area contributed by atoms with Crippen LogP contribution in [0.25, 0.3) is 0 Å². The number of anilines is 1. The summed E-state index contributed by atoms with van der Waals surface area (Å²) < 4.78 is 1.06. The van der Waals surface area contributed by atoms with Gasteiger partial charge in [-0.25, -0.2) is 0 Å². The second-order valence-corrected chi connectivity index (χ2v) is 5.82. The third kappa shape index (κ3) is 3.74. The maximum Gasteiger partial charge on any atom is 0.0602 e. The molecule has 0 atom stereocenters. The fourth-order valence-corrected chi connectivity index (χ4v) is 3.01. The van der Waals surface area contributed by atoms with Crippen LogP contribution in [0.15, 0.2) is 40.9 Å². The molecule has 20 heavy (non-hydrogen) atoms. The Labute approximate surface area is 133 Å². The smallest absolute Gasteiger partial charge is 0.0602 e. The van der Waals surface area contributed by atoms with Crippen molar-refractivity contribution in [2.75, 3.05) is 11.4 Å². The quantitative estimate of drug-likeness (QED) is 0.709. The second kappa shape index (κ2) is 7.09. The minimum absolute atomic E-state index is 0.520. The first-order chi connectivity index (χ1) is 9.63. The SMILES string of the molecule is CCN(Cc1cccc(C)n1)c1ccc(CCl)c(Br)c1. The number of benzene rings is 1. The number of aryl methyl sites for hydroxylation is 1. The third-order valence-electron chi connectivity index (χ3n) is 3.23. The summed E-state index contributed by atoms with van der Waals surface area (Å²) >= 11 is 9.47. The van der Waals surface area contributed by atoms with Crippen molar-refractivity contribution < 1.29 is 0 Å². The molecule has 0 saturated carbocycles. The van der Waals surface area contributed by atoms with Gasteiger partial charge in [-0.2, -0.15) is 0 Å². The fourth-order valence-electron chi connectivity index (χ4n) is 2.11. The van der Waals surface area contributed by atoms with Crippen LogP contribution >= 0.6 is 27.5 Å². The molecule has 0 aliphatic heterocycles. The molecule has 0 bridgehead atoms. The molecule has 0 unspecified atom stereocenters. The molecule has 0 N–H and O–H groups in total. The van der Waals surface area contributed by atoms with E-state index >= 15 is 0 Å². The standard InChI is InChI=1S/C16H18BrClN2/c1-3-20(11-14-6-4-5-12(2)19-14)15-8-7-13(10-18)16(17)9-15/h4-9H,3,10-11H2,1-2H3. The Morgan fingerprint density at radius 1 is 1.25 bits per heavy atom. The van der Waals surface area contributed by atoms with Crippen molar-refractivity contribution in [1.29, 1.82) is 0 Å². The lowest BCUT2D eigenvalue weighted by molar-refractivity contribution is 0.805. The van der Waals surface area contributed by atoms with Gasteiger partial charge in [-0.3, -0.25) is 4.98 Å². The summed E-state index contributed by atoms with van der Waals surface area (Å²) in [5.41, 5.74) is 4.43. The lowest BCUT2D eigenvalue weighted by Gasteiger charge is -2.23. The zero-order valence-corrected chi connectivity index (χ0v) is 14.1. The van der Waals surface area contributed by atoms with Crippen molar-refractivity contribution in [1.82, 2.24) is 4.98 Å². The molecule has 1 aromatic heterocycles. The summed E-state index contributed by atoms with van der Waals surface area (Å²) in [7, 11) is 0. The lowest BCUT2D eigenvalue weighted by atomic mass is 10.2. The molecule has 2 nitrogen and oxygen atoms in total. The zero-order chi connectivity index (χ0) is 14.5. The molecule has 0 saturated heterocycles. The predicted molar refractivity (Wildman–Crippen MR) is 89.4 cm³/mol. The highest BCUT2D eigenvalue weighted by Crippen LogP contribution is 2.26. The highest BCUT2D eigenvalue weighted by atomic mass is 79.9. The van der Waals surface area contributed by atoms with E-state index in [2.05, 4.69) is 63.1 Å². The first kappa shape index (κ1) is 15.3. The van der Waals surface area contributed by atoms with E-state index in [0.29, 0.717) is 5.88 Å². The van der Waals surface area contributed by atoms with Crippen LogP contribution in [0.1, 0.15) is 23.9 Å². The normalized spacial score (nSPS) is 10.6. The maximum absolute atomic E-state index is 5.89. The lowest BCUT2D eigenvalue weighted by Crippen LogP contribution is -2.22. The van der Waals surface area contributed by atoms with Gasteiger partial charge in [0.2, 0.25) is 0 Å². The molecule has 0 radical (unpaired) electrons. The van der Waals surface area contributed by atoms with Crippen LogP contribution in [0.3, 0.4) is 0 Å². The molecule has 0 fully saturated rings. The molecular formula is C16H18BrClN2. The number of pyridine rings is 1. The Morgan fingerprint density at radius 2 is 2.05 bits per heavy atom. The van der Waals surface area contributed by atoms with Crippen molar-refractivity contribution in [2.24, 2.45) is 0 Å². The summed E-state index contributed by atoms with van der Waals surface area (Å²) in [5.74, 6) is 0.520. The minimum atomic E-state index is 0.520. The molecule has 1 aromatic carbocycles. The van der Waals surface area contributed by atoms with Gasteiger partial charge in [0.1, 0.15) is 0 Å².